The number of nitrogens with one attached hydrogen (secondary N) is 1. The van der Waals surface area contributed by atoms with Crippen LogP contribution in [0.4, 0.5) is 0 Å². The highest BCUT2D eigenvalue weighted by molar-refractivity contribution is 5.79. The molecule has 0 radical (unpaired) electrons. The van der Waals surface area contributed by atoms with Crippen molar-refractivity contribution in [1.82, 2.24) is 10.2 Å². The molecule has 1 N–H and O–H groups in total. The second-order valence-electron chi connectivity index (χ2n) is 6.27. The molecule has 1 aromatic rings. The van der Waals surface area contributed by atoms with Crippen LogP contribution < -0.4 is 10.1 Å². The van der Waals surface area contributed by atoms with Gasteiger partial charge in [0.1, 0.15) is 5.75 Å². The summed E-state index contributed by atoms with van der Waals surface area (Å²) in [6, 6.07) is 8.08. The van der Waals surface area contributed by atoms with E-state index in [0.717, 1.165) is 43.4 Å². The first kappa shape index (κ1) is 18.6. The number of rotatable bonds is 8. The maximum Gasteiger partial charge on any atom is 0.193 e. The lowest BCUT2D eigenvalue weighted by molar-refractivity contribution is 0.0573. The molecule has 0 atom stereocenters. The van der Waals surface area contributed by atoms with Crippen molar-refractivity contribution in [1.29, 1.82) is 0 Å². The largest absolute Gasteiger partial charge is 0.496 e. The Morgan fingerprint density at radius 1 is 1.29 bits per heavy atom. The molecule has 0 spiro atoms. The molecule has 0 saturated heterocycles. The van der Waals surface area contributed by atoms with Gasteiger partial charge in [0.25, 0.3) is 0 Å². The monoisotopic (exact) mass is 333 g/mol. The van der Waals surface area contributed by atoms with Gasteiger partial charge in [-0.1, -0.05) is 31.0 Å². The summed E-state index contributed by atoms with van der Waals surface area (Å²) in [7, 11) is 5.56. The fourth-order valence-corrected chi connectivity index (χ4v) is 3.13. The predicted octanol–water partition coefficient (Wildman–Crippen LogP) is 3.05. The van der Waals surface area contributed by atoms with Crippen LogP contribution in [0.15, 0.2) is 29.3 Å². The lowest BCUT2D eigenvalue weighted by atomic mass is 10.2. The molecular weight excluding hydrogens is 302 g/mol. The van der Waals surface area contributed by atoms with E-state index in [1.807, 2.05) is 32.3 Å². The molecular formula is C19H31N3O2. The van der Waals surface area contributed by atoms with Crippen molar-refractivity contribution in [2.45, 2.75) is 44.8 Å². The Hall–Kier alpha value is -1.75. The number of guanidine groups is 1. The summed E-state index contributed by atoms with van der Waals surface area (Å²) in [5.74, 6) is 1.80. The zero-order chi connectivity index (χ0) is 17.2. The van der Waals surface area contributed by atoms with Crippen LogP contribution in [0.25, 0.3) is 0 Å². The molecule has 1 fully saturated rings. The van der Waals surface area contributed by atoms with Crippen LogP contribution in [0.1, 0.15) is 37.7 Å². The summed E-state index contributed by atoms with van der Waals surface area (Å²) in [6.45, 7) is 2.45. The van der Waals surface area contributed by atoms with Gasteiger partial charge < -0.3 is 19.7 Å². The Morgan fingerprint density at radius 3 is 2.75 bits per heavy atom. The molecule has 1 aliphatic rings. The van der Waals surface area contributed by atoms with E-state index >= 15 is 0 Å². The molecule has 1 aliphatic carbocycles. The van der Waals surface area contributed by atoms with Gasteiger partial charge in [-0.2, -0.15) is 0 Å². The molecule has 5 nitrogen and oxygen atoms in total. The quantitative estimate of drug-likeness (QED) is 0.451. The molecule has 1 aromatic carbocycles. The summed E-state index contributed by atoms with van der Waals surface area (Å²) in [4.78, 5) is 6.47. The molecule has 0 aromatic heterocycles. The first-order valence-corrected chi connectivity index (χ1v) is 8.90. The summed E-state index contributed by atoms with van der Waals surface area (Å²) in [5.41, 5.74) is 1.15. The Bertz CT molecular complexity index is 513. The minimum absolute atomic E-state index is 0.498. The van der Waals surface area contributed by atoms with E-state index in [9.17, 15) is 0 Å². The highest BCUT2D eigenvalue weighted by atomic mass is 16.5. The van der Waals surface area contributed by atoms with Gasteiger partial charge in [-0.05, 0) is 25.3 Å². The molecule has 0 bridgehead atoms. The number of nitrogens with zero attached hydrogens (tertiary/aromatic N) is 2. The standard InChI is InChI=1S/C19H31N3O2/c1-20-19(21-13-8-14-24-17-10-5-6-11-17)22(2)15-16-9-4-7-12-18(16)23-3/h4,7,9,12,17H,5-6,8,10-11,13-15H2,1-3H3,(H,20,21). The predicted molar refractivity (Wildman–Crippen MR) is 98.6 cm³/mol. The molecule has 134 valence electrons. The molecule has 0 unspecified atom stereocenters. The normalized spacial score (nSPS) is 15.5. The van der Waals surface area contributed by atoms with E-state index < -0.39 is 0 Å². The van der Waals surface area contributed by atoms with Crippen molar-refractivity contribution < 1.29 is 9.47 Å². The van der Waals surface area contributed by atoms with Crippen molar-refractivity contribution >= 4 is 5.96 Å². The summed E-state index contributed by atoms with van der Waals surface area (Å²) in [6.07, 6.45) is 6.61. The number of benzene rings is 1. The van der Waals surface area contributed by atoms with Crippen LogP contribution in [0.5, 0.6) is 5.75 Å². The summed E-state index contributed by atoms with van der Waals surface area (Å²) in [5, 5.41) is 3.41. The van der Waals surface area contributed by atoms with Crippen molar-refractivity contribution in [3.63, 3.8) is 0 Å². The highest BCUT2D eigenvalue weighted by Gasteiger charge is 2.14. The molecule has 1 saturated carbocycles. The van der Waals surface area contributed by atoms with Crippen molar-refractivity contribution in [3.8, 4) is 5.75 Å². The molecule has 2 rings (SSSR count). The molecule has 0 aliphatic heterocycles. The maximum absolute atomic E-state index is 5.89. The second kappa shape index (κ2) is 10.2. The van der Waals surface area contributed by atoms with Crippen LogP contribution in [-0.4, -0.2) is 51.3 Å². The number of methoxy groups -OCH3 is 1. The van der Waals surface area contributed by atoms with Crippen LogP contribution >= 0.6 is 0 Å². The van der Waals surface area contributed by atoms with Gasteiger partial charge in [0.15, 0.2) is 5.96 Å². The topological polar surface area (TPSA) is 46.1 Å². The Balaban J connectivity index is 1.72. The van der Waals surface area contributed by atoms with E-state index in [-0.39, 0.29) is 0 Å². The first-order chi connectivity index (χ1) is 11.7. The van der Waals surface area contributed by atoms with E-state index in [1.54, 1.807) is 7.11 Å². The second-order valence-corrected chi connectivity index (χ2v) is 6.27. The smallest absolute Gasteiger partial charge is 0.193 e. The van der Waals surface area contributed by atoms with Crippen LogP contribution in [0, 0.1) is 0 Å². The average molecular weight is 333 g/mol. The lowest BCUT2D eigenvalue weighted by Crippen LogP contribution is -2.39. The SMILES string of the molecule is CN=C(NCCCOC1CCCC1)N(C)Cc1ccccc1OC. The van der Waals surface area contributed by atoms with E-state index in [0.29, 0.717) is 6.10 Å². The number of aliphatic imine (C=N–C) groups is 1. The molecule has 0 amide bonds. The fourth-order valence-electron chi connectivity index (χ4n) is 3.13. The average Bonchev–Trinajstić information content (AvgIpc) is 3.12. The van der Waals surface area contributed by atoms with Gasteiger partial charge in [-0.3, -0.25) is 4.99 Å². The van der Waals surface area contributed by atoms with Crippen LogP contribution in [0.2, 0.25) is 0 Å². The maximum atomic E-state index is 5.89. The number of hydrogen-bond donors (Lipinski definition) is 1. The number of para-hydroxylation sites is 1. The van der Waals surface area contributed by atoms with Gasteiger partial charge in [-0.25, -0.2) is 0 Å². The number of ether oxygens (including phenoxy) is 2. The molecule has 5 heteroatoms. The van der Waals surface area contributed by atoms with Crippen LogP contribution in [-0.2, 0) is 11.3 Å². The first-order valence-electron chi connectivity index (χ1n) is 8.90. The lowest BCUT2D eigenvalue weighted by Gasteiger charge is -2.23. The van der Waals surface area contributed by atoms with E-state index in [4.69, 9.17) is 9.47 Å². The Labute approximate surface area is 146 Å². The van der Waals surface area contributed by atoms with Gasteiger partial charge in [-0.15, -0.1) is 0 Å². The van der Waals surface area contributed by atoms with Crippen molar-refractivity contribution in [2.75, 3.05) is 34.4 Å². The van der Waals surface area contributed by atoms with Gasteiger partial charge in [0.05, 0.1) is 13.2 Å². The third kappa shape index (κ3) is 5.71. The minimum Gasteiger partial charge on any atom is -0.496 e. The third-order valence-electron chi connectivity index (χ3n) is 4.43. The van der Waals surface area contributed by atoms with E-state index in [1.165, 1.54) is 25.7 Å². The molecule has 0 heterocycles. The van der Waals surface area contributed by atoms with Crippen molar-refractivity contribution in [3.05, 3.63) is 29.8 Å². The Kier molecular flexibility index (Phi) is 7.89. The zero-order valence-electron chi connectivity index (χ0n) is 15.3. The third-order valence-corrected chi connectivity index (χ3v) is 4.43. The minimum atomic E-state index is 0.498. The number of hydrogen-bond acceptors (Lipinski definition) is 3. The van der Waals surface area contributed by atoms with Gasteiger partial charge in [0.2, 0.25) is 0 Å². The van der Waals surface area contributed by atoms with E-state index in [2.05, 4.69) is 21.3 Å². The highest BCUT2D eigenvalue weighted by Crippen LogP contribution is 2.21. The Morgan fingerprint density at radius 2 is 2.04 bits per heavy atom. The summed E-state index contributed by atoms with van der Waals surface area (Å²) >= 11 is 0. The van der Waals surface area contributed by atoms with Crippen molar-refractivity contribution in [2.24, 2.45) is 4.99 Å². The van der Waals surface area contributed by atoms with Gasteiger partial charge in [0, 0.05) is 39.4 Å². The fraction of sp³-hybridized carbons (Fsp3) is 0.632. The van der Waals surface area contributed by atoms with Crippen LogP contribution in [0.3, 0.4) is 0 Å². The summed E-state index contributed by atoms with van der Waals surface area (Å²) < 4.78 is 11.3. The zero-order valence-corrected chi connectivity index (χ0v) is 15.3. The van der Waals surface area contributed by atoms with Gasteiger partial charge >= 0.3 is 0 Å². The molecule has 24 heavy (non-hydrogen) atoms.